The fourth-order valence-corrected chi connectivity index (χ4v) is 5.76. The minimum absolute atomic E-state index is 0.131. The SMILES string of the molecule is COc1cc(C)c(NC(=O)C23CC4CC(CC(C4)C2)C3)cc1OC. The van der Waals surface area contributed by atoms with Crippen LogP contribution in [0.3, 0.4) is 0 Å². The first-order chi connectivity index (χ1) is 11.5. The van der Waals surface area contributed by atoms with E-state index in [-0.39, 0.29) is 11.3 Å². The van der Waals surface area contributed by atoms with Gasteiger partial charge >= 0.3 is 0 Å². The molecule has 4 aliphatic rings. The molecule has 4 aliphatic carbocycles. The van der Waals surface area contributed by atoms with E-state index in [1.54, 1.807) is 14.2 Å². The van der Waals surface area contributed by atoms with Gasteiger partial charge in [-0.3, -0.25) is 4.79 Å². The summed E-state index contributed by atoms with van der Waals surface area (Å²) in [5.74, 6) is 3.89. The molecule has 0 aromatic heterocycles. The van der Waals surface area contributed by atoms with E-state index in [2.05, 4.69) is 5.32 Å². The Bertz CT molecular complexity index is 632. The lowest BCUT2D eigenvalue weighted by atomic mass is 9.49. The molecular formula is C20H27NO3. The zero-order valence-corrected chi connectivity index (χ0v) is 14.9. The van der Waals surface area contributed by atoms with E-state index in [1.807, 2.05) is 19.1 Å². The van der Waals surface area contributed by atoms with Gasteiger partial charge in [-0.2, -0.15) is 0 Å². The van der Waals surface area contributed by atoms with Gasteiger partial charge in [0.1, 0.15) is 0 Å². The molecule has 130 valence electrons. The first-order valence-corrected chi connectivity index (χ1v) is 9.07. The summed E-state index contributed by atoms with van der Waals surface area (Å²) in [4.78, 5) is 13.2. The third kappa shape index (κ3) is 2.47. The van der Waals surface area contributed by atoms with Crippen LogP contribution in [0.2, 0.25) is 0 Å². The minimum atomic E-state index is -0.131. The zero-order chi connectivity index (χ0) is 16.9. The number of nitrogens with one attached hydrogen (secondary N) is 1. The summed E-state index contributed by atoms with van der Waals surface area (Å²) in [6.45, 7) is 2.00. The van der Waals surface area contributed by atoms with E-state index < -0.39 is 0 Å². The largest absolute Gasteiger partial charge is 0.493 e. The van der Waals surface area contributed by atoms with Gasteiger partial charge in [0, 0.05) is 11.8 Å². The molecule has 24 heavy (non-hydrogen) atoms. The van der Waals surface area contributed by atoms with Gasteiger partial charge in [-0.25, -0.2) is 0 Å². The van der Waals surface area contributed by atoms with Crippen molar-refractivity contribution >= 4 is 11.6 Å². The Morgan fingerprint density at radius 1 is 1.00 bits per heavy atom. The number of carbonyl (C=O) groups excluding carboxylic acids is 1. The van der Waals surface area contributed by atoms with E-state index in [9.17, 15) is 4.79 Å². The second-order valence-electron chi connectivity index (χ2n) is 8.17. The van der Waals surface area contributed by atoms with Crippen LogP contribution in [-0.2, 0) is 4.79 Å². The van der Waals surface area contributed by atoms with Gasteiger partial charge in [0.15, 0.2) is 11.5 Å². The lowest BCUT2D eigenvalue weighted by molar-refractivity contribution is -0.140. The molecule has 0 unspecified atom stereocenters. The van der Waals surface area contributed by atoms with Crippen molar-refractivity contribution in [3.05, 3.63) is 17.7 Å². The molecule has 4 nitrogen and oxygen atoms in total. The van der Waals surface area contributed by atoms with E-state index in [0.29, 0.717) is 11.5 Å². The summed E-state index contributed by atoms with van der Waals surface area (Å²) < 4.78 is 10.7. The van der Waals surface area contributed by atoms with Crippen molar-refractivity contribution in [3.63, 3.8) is 0 Å². The van der Waals surface area contributed by atoms with Crippen LogP contribution in [0.5, 0.6) is 11.5 Å². The minimum Gasteiger partial charge on any atom is -0.493 e. The van der Waals surface area contributed by atoms with Crippen molar-refractivity contribution in [2.24, 2.45) is 23.2 Å². The van der Waals surface area contributed by atoms with Gasteiger partial charge in [0.2, 0.25) is 5.91 Å². The lowest BCUT2D eigenvalue weighted by Crippen LogP contribution is -2.51. The van der Waals surface area contributed by atoms with Gasteiger partial charge < -0.3 is 14.8 Å². The average molecular weight is 329 g/mol. The first kappa shape index (κ1) is 15.8. The molecule has 4 fully saturated rings. The van der Waals surface area contributed by atoms with E-state index in [4.69, 9.17) is 9.47 Å². The number of methoxy groups -OCH3 is 2. The summed E-state index contributed by atoms with van der Waals surface area (Å²) in [6.07, 6.45) is 7.29. The van der Waals surface area contributed by atoms with Crippen LogP contribution in [0.15, 0.2) is 12.1 Å². The maximum absolute atomic E-state index is 13.2. The van der Waals surface area contributed by atoms with Gasteiger partial charge in [-0.15, -0.1) is 0 Å². The highest BCUT2D eigenvalue weighted by Crippen LogP contribution is 2.60. The Morgan fingerprint density at radius 2 is 1.50 bits per heavy atom. The monoisotopic (exact) mass is 329 g/mol. The maximum atomic E-state index is 13.2. The van der Waals surface area contributed by atoms with Crippen molar-refractivity contribution in [1.29, 1.82) is 0 Å². The van der Waals surface area contributed by atoms with Crippen molar-refractivity contribution in [1.82, 2.24) is 0 Å². The molecule has 1 N–H and O–H groups in total. The van der Waals surface area contributed by atoms with Crippen LogP contribution in [0.25, 0.3) is 0 Å². The molecule has 0 spiro atoms. The van der Waals surface area contributed by atoms with Crippen LogP contribution in [0, 0.1) is 30.1 Å². The molecule has 1 amide bonds. The van der Waals surface area contributed by atoms with Crippen molar-refractivity contribution in [2.75, 3.05) is 19.5 Å². The molecule has 1 aromatic rings. The van der Waals surface area contributed by atoms with Gasteiger partial charge in [0.05, 0.1) is 19.6 Å². The van der Waals surface area contributed by atoms with E-state index in [0.717, 1.165) is 48.3 Å². The molecule has 0 radical (unpaired) electrons. The zero-order valence-electron chi connectivity index (χ0n) is 14.9. The number of hydrogen-bond donors (Lipinski definition) is 1. The second-order valence-corrected chi connectivity index (χ2v) is 8.17. The number of benzene rings is 1. The summed E-state index contributed by atoms with van der Waals surface area (Å²) in [5.41, 5.74) is 1.72. The molecule has 0 heterocycles. The molecule has 5 rings (SSSR count). The predicted octanol–water partition coefficient (Wildman–Crippen LogP) is 4.17. The predicted molar refractivity (Wildman–Crippen MR) is 93.5 cm³/mol. The molecule has 4 bridgehead atoms. The molecule has 4 saturated carbocycles. The number of rotatable bonds is 4. The van der Waals surface area contributed by atoms with E-state index >= 15 is 0 Å². The second kappa shape index (κ2) is 5.68. The highest BCUT2D eigenvalue weighted by atomic mass is 16.5. The highest BCUT2D eigenvalue weighted by molar-refractivity contribution is 5.96. The Morgan fingerprint density at radius 3 is 2.00 bits per heavy atom. The number of carbonyl (C=O) groups is 1. The quantitative estimate of drug-likeness (QED) is 0.902. The standard InChI is InChI=1S/C20H27NO3/c1-12-4-17(23-2)18(24-3)8-16(12)21-19(22)20-9-13-5-14(10-20)7-15(6-13)11-20/h4,8,13-15H,5-7,9-11H2,1-3H3,(H,21,22). The Labute approximate surface area is 143 Å². The Balaban J connectivity index is 1.58. The Kier molecular flexibility index (Phi) is 3.74. The third-order valence-electron chi connectivity index (χ3n) is 6.50. The number of aryl methyl sites for hydroxylation is 1. The van der Waals surface area contributed by atoms with E-state index in [1.165, 1.54) is 19.3 Å². The normalized spacial score (nSPS) is 33.4. The summed E-state index contributed by atoms with van der Waals surface area (Å²) in [5, 5.41) is 3.22. The van der Waals surface area contributed by atoms with Crippen molar-refractivity contribution in [3.8, 4) is 11.5 Å². The first-order valence-electron chi connectivity index (χ1n) is 9.07. The number of ether oxygens (including phenoxy) is 2. The van der Waals surface area contributed by atoms with Crippen LogP contribution < -0.4 is 14.8 Å². The molecule has 1 aromatic carbocycles. The fraction of sp³-hybridized carbons (Fsp3) is 0.650. The topological polar surface area (TPSA) is 47.6 Å². The summed E-state index contributed by atoms with van der Waals surface area (Å²) in [6, 6.07) is 3.81. The van der Waals surface area contributed by atoms with Crippen molar-refractivity contribution < 1.29 is 14.3 Å². The lowest BCUT2D eigenvalue weighted by Gasteiger charge is -2.55. The molecule has 4 heteroatoms. The maximum Gasteiger partial charge on any atom is 0.230 e. The molecule has 0 aliphatic heterocycles. The number of hydrogen-bond acceptors (Lipinski definition) is 3. The molecular weight excluding hydrogens is 302 g/mol. The van der Waals surface area contributed by atoms with Gasteiger partial charge in [-0.05, 0) is 74.8 Å². The van der Waals surface area contributed by atoms with Crippen LogP contribution >= 0.6 is 0 Å². The number of anilines is 1. The van der Waals surface area contributed by atoms with Gasteiger partial charge in [-0.1, -0.05) is 0 Å². The number of amides is 1. The summed E-state index contributed by atoms with van der Waals surface area (Å²) >= 11 is 0. The van der Waals surface area contributed by atoms with Crippen LogP contribution in [0.1, 0.15) is 44.1 Å². The Hall–Kier alpha value is -1.71. The average Bonchev–Trinajstić information content (AvgIpc) is 2.55. The smallest absolute Gasteiger partial charge is 0.230 e. The van der Waals surface area contributed by atoms with Crippen molar-refractivity contribution in [2.45, 2.75) is 45.4 Å². The third-order valence-corrected chi connectivity index (χ3v) is 6.50. The highest BCUT2D eigenvalue weighted by Gasteiger charge is 2.54. The van der Waals surface area contributed by atoms with Crippen LogP contribution in [-0.4, -0.2) is 20.1 Å². The molecule has 0 saturated heterocycles. The van der Waals surface area contributed by atoms with Crippen LogP contribution in [0.4, 0.5) is 5.69 Å². The van der Waals surface area contributed by atoms with Gasteiger partial charge in [0.25, 0.3) is 0 Å². The fourth-order valence-electron chi connectivity index (χ4n) is 5.76. The summed E-state index contributed by atoms with van der Waals surface area (Å²) in [7, 11) is 3.25. The molecule has 0 atom stereocenters.